The maximum absolute atomic E-state index is 9.74. The molecule has 1 saturated heterocycles. The van der Waals surface area contributed by atoms with Crippen LogP contribution in [0.4, 0.5) is 0 Å². The van der Waals surface area contributed by atoms with Crippen LogP contribution in [0, 0.1) is 0 Å². The Balaban J connectivity index is 2.08. The van der Waals surface area contributed by atoms with Crippen LogP contribution in [0.3, 0.4) is 0 Å². The Morgan fingerprint density at radius 3 is 2.28 bits per heavy atom. The van der Waals surface area contributed by atoms with E-state index in [4.69, 9.17) is 14.6 Å². The van der Waals surface area contributed by atoms with E-state index in [0.29, 0.717) is 5.75 Å². The summed E-state index contributed by atoms with van der Waals surface area (Å²) in [4.78, 5) is 0. The molecule has 6 nitrogen and oxygen atoms in total. The van der Waals surface area contributed by atoms with Gasteiger partial charge in [0, 0.05) is 0 Å². The fraction of sp³-hybridized carbons (Fsp3) is 0.500. The van der Waals surface area contributed by atoms with E-state index in [0.717, 1.165) is 0 Å². The predicted octanol–water partition coefficient (Wildman–Crippen LogP) is -1.13. The quantitative estimate of drug-likeness (QED) is 0.546. The second kappa shape index (κ2) is 5.64. The highest BCUT2D eigenvalue weighted by Gasteiger charge is 2.44. The molecule has 2 rings (SSSR count). The topological polar surface area (TPSA) is 99.4 Å². The van der Waals surface area contributed by atoms with Crippen LogP contribution < -0.4 is 4.74 Å². The summed E-state index contributed by atoms with van der Waals surface area (Å²) < 4.78 is 10.6. The first-order valence-corrected chi connectivity index (χ1v) is 5.65. The van der Waals surface area contributed by atoms with E-state index in [9.17, 15) is 15.3 Å². The molecule has 0 radical (unpaired) electrons. The van der Waals surface area contributed by atoms with Gasteiger partial charge in [0.15, 0.2) is 0 Å². The molecule has 0 bridgehead atoms. The largest absolute Gasteiger partial charge is 0.462 e. The summed E-state index contributed by atoms with van der Waals surface area (Å²) >= 11 is 0. The highest BCUT2D eigenvalue weighted by Crippen LogP contribution is 2.23. The molecule has 4 N–H and O–H groups in total. The minimum Gasteiger partial charge on any atom is -0.462 e. The summed E-state index contributed by atoms with van der Waals surface area (Å²) in [5.74, 6) is 0.460. The van der Waals surface area contributed by atoms with Crippen molar-refractivity contribution < 1.29 is 29.9 Å². The average molecular weight is 256 g/mol. The summed E-state index contributed by atoms with van der Waals surface area (Å²) in [7, 11) is 0. The van der Waals surface area contributed by atoms with Crippen molar-refractivity contribution in [3.63, 3.8) is 0 Å². The zero-order chi connectivity index (χ0) is 13.1. The van der Waals surface area contributed by atoms with Gasteiger partial charge in [-0.15, -0.1) is 0 Å². The molecule has 5 unspecified atom stereocenters. The molecule has 1 aromatic rings. The third-order valence-corrected chi connectivity index (χ3v) is 2.84. The van der Waals surface area contributed by atoms with E-state index in [1.54, 1.807) is 30.3 Å². The molecule has 5 atom stereocenters. The van der Waals surface area contributed by atoms with Gasteiger partial charge in [0.1, 0.15) is 30.2 Å². The molecule has 1 aromatic carbocycles. The van der Waals surface area contributed by atoms with Crippen LogP contribution in [-0.4, -0.2) is 57.7 Å². The van der Waals surface area contributed by atoms with Crippen LogP contribution in [0.15, 0.2) is 30.3 Å². The molecule has 1 fully saturated rings. The number of benzene rings is 1. The van der Waals surface area contributed by atoms with Crippen LogP contribution in [0.1, 0.15) is 0 Å². The lowest BCUT2D eigenvalue weighted by Crippen LogP contribution is -2.60. The van der Waals surface area contributed by atoms with Gasteiger partial charge in [-0.1, -0.05) is 18.2 Å². The zero-order valence-electron chi connectivity index (χ0n) is 9.59. The predicted molar refractivity (Wildman–Crippen MR) is 60.8 cm³/mol. The fourth-order valence-electron chi connectivity index (χ4n) is 1.80. The molecule has 0 amide bonds. The first kappa shape index (κ1) is 13.3. The van der Waals surface area contributed by atoms with Crippen molar-refractivity contribution >= 4 is 0 Å². The Bertz CT molecular complexity index is 368. The van der Waals surface area contributed by atoms with Crippen LogP contribution >= 0.6 is 0 Å². The number of hydrogen-bond acceptors (Lipinski definition) is 6. The normalized spacial score (nSPS) is 36.3. The lowest BCUT2D eigenvalue weighted by molar-refractivity contribution is -0.277. The van der Waals surface area contributed by atoms with Crippen molar-refractivity contribution in [3.8, 4) is 5.75 Å². The van der Waals surface area contributed by atoms with Crippen molar-refractivity contribution in [2.24, 2.45) is 0 Å². The average Bonchev–Trinajstić information content (AvgIpc) is 2.40. The van der Waals surface area contributed by atoms with Crippen molar-refractivity contribution in [1.29, 1.82) is 0 Å². The Morgan fingerprint density at radius 1 is 1.00 bits per heavy atom. The number of aliphatic hydroxyl groups excluding tert-OH is 4. The minimum absolute atomic E-state index is 0.460. The Morgan fingerprint density at radius 2 is 1.67 bits per heavy atom. The fourth-order valence-corrected chi connectivity index (χ4v) is 1.80. The SMILES string of the molecule is OCC1OC(Oc2ccccc2)C(O)C(O)C1O. The van der Waals surface area contributed by atoms with Crippen molar-refractivity contribution in [2.45, 2.75) is 30.7 Å². The third-order valence-electron chi connectivity index (χ3n) is 2.84. The summed E-state index contributed by atoms with van der Waals surface area (Å²) in [6.07, 6.45) is -6.28. The third kappa shape index (κ3) is 2.63. The van der Waals surface area contributed by atoms with E-state index in [-0.39, 0.29) is 0 Å². The maximum Gasteiger partial charge on any atom is 0.229 e. The molecule has 1 aliphatic heterocycles. The van der Waals surface area contributed by atoms with Gasteiger partial charge in [0.2, 0.25) is 6.29 Å². The first-order chi connectivity index (χ1) is 8.63. The summed E-state index contributed by atoms with van der Waals surface area (Å²) in [6, 6.07) is 8.64. The van der Waals surface area contributed by atoms with E-state index < -0.39 is 37.3 Å². The summed E-state index contributed by atoms with van der Waals surface area (Å²) in [5.41, 5.74) is 0. The number of aliphatic hydroxyl groups is 4. The Hall–Kier alpha value is -1.18. The van der Waals surface area contributed by atoms with Crippen LogP contribution in [0.25, 0.3) is 0 Å². The summed E-state index contributed by atoms with van der Waals surface area (Å²) in [5, 5.41) is 37.9. The lowest BCUT2D eigenvalue weighted by Gasteiger charge is -2.39. The monoisotopic (exact) mass is 256 g/mol. The molecule has 1 heterocycles. The van der Waals surface area contributed by atoms with Crippen LogP contribution in [0.5, 0.6) is 5.75 Å². The molecule has 6 heteroatoms. The zero-order valence-corrected chi connectivity index (χ0v) is 9.59. The number of hydrogen-bond donors (Lipinski definition) is 4. The number of rotatable bonds is 3. The molecule has 0 spiro atoms. The standard InChI is InChI=1S/C12H16O6/c13-6-8-9(14)10(15)11(16)12(18-8)17-7-4-2-1-3-5-7/h1-5,8-16H,6H2. The smallest absolute Gasteiger partial charge is 0.229 e. The van der Waals surface area contributed by atoms with Gasteiger partial charge in [-0.25, -0.2) is 0 Å². The second-order valence-corrected chi connectivity index (χ2v) is 4.13. The maximum atomic E-state index is 9.74. The molecule has 100 valence electrons. The first-order valence-electron chi connectivity index (χ1n) is 5.65. The van der Waals surface area contributed by atoms with E-state index in [1.165, 1.54) is 0 Å². The molecule has 0 aliphatic carbocycles. The Kier molecular flexibility index (Phi) is 4.15. The molecule has 0 aromatic heterocycles. The molecule has 1 aliphatic rings. The van der Waals surface area contributed by atoms with Gasteiger partial charge in [-0.2, -0.15) is 0 Å². The van der Waals surface area contributed by atoms with Gasteiger partial charge in [0.05, 0.1) is 6.61 Å². The second-order valence-electron chi connectivity index (χ2n) is 4.13. The molecule has 18 heavy (non-hydrogen) atoms. The van der Waals surface area contributed by atoms with Gasteiger partial charge < -0.3 is 29.9 Å². The van der Waals surface area contributed by atoms with Gasteiger partial charge in [0.25, 0.3) is 0 Å². The molecular weight excluding hydrogens is 240 g/mol. The van der Waals surface area contributed by atoms with Gasteiger partial charge in [-0.05, 0) is 12.1 Å². The highest BCUT2D eigenvalue weighted by molar-refractivity contribution is 5.21. The van der Waals surface area contributed by atoms with Crippen LogP contribution in [-0.2, 0) is 4.74 Å². The van der Waals surface area contributed by atoms with Crippen molar-refractivity contribution in [2.75, 3.05) is 6.61 Å². The van der Waals surface area contributed by atoms with E-state index in [2.05, 4.69) is 0 Å². The molecular formula is C12H16O6. The Labute approximate surface area is 104 Å². The summed E-state index contributed by atoms with van der Waals surface area (Å²) in [6.45, 7) is -0.473. The van der Waals surface area contributed by atoms with Gasteiger partial charge >= 0.3 is 0 Å². The van der Waals surface area contributed by atoms with Crippen molar-refractivity contribution in [3.05, 3.63) is 30.3 Å². The lowest BCUT2D eigenvalue weighted by atomic mass is 9.99. The van der Waals surface area contributed by atoms with E-state index in [1.807, 2.05) is 0 Å². The van der Waals surface area contributed by atoms with E-state index >= 15 is 0 Å². The van der Waals surface area contributed by atoms with Crippen LogP contribution in [0.2, 0.25) is 0 Å². The number of para-hydroxylation sites is 1. The molecule has 0 saturated carbocycles. The van der Waals surface area contributed by atoms with Crippen molar-refractivity contribution in [1.82, 2.24) is 0 Å². The minimum atomic E-state index is -1.43. The van der Waals surface area contributed by atoms with Gasteiger partial charge in [-0.3, -0.25) is 0 Å². The number of ether oxygens (including phenoxy) is 2. The highest BCUT2D eigenvalue weighted by atomic mass is 16.7.